The number of hydrogen-bond donors (Lipinski definition) is 0. The molecule has 0 N–H and O–H groups in total. The van der Waals surface area contributed by atoms with Crippen LogP contribution in [0, 0.1) is 0 Å². The van der Waals surface area contributed by atoms with E-state index in [1.165, 1.54) is 5.56 Å². The zero-order valence-corrected chi connectivity index (χ0v) is 17.4. The second-order valence-corrected chi connectivity index (χ2v) is 7.60. The molecule has 1 aliphatic heterocycles. The molecule has 6 heteroatoms. The molecule has 0 saturated carbocycles. The van der Waals surface area contributed by atoms with Gasteiger partial charge in [-0.1, -0.05) is 43.7 Å². The van der Waals surface area contributed by atoms with Crippen LogP contribution in [0.15, 0.2) is 48.8 Å². The summed E-state index contributed by atoms with van der Waals surface area (Å²) in [7, 11) is 1.79. The summed E-state index contributed by atoms with van der Waals surface area (Å²) in [5.41, 5.74) is 2.24. The fraction of sp³-hybridized carbons (Fsp3) is 0.435. The van der Waals surface area contributed by atoms with E-state index in [2.05, 4.69) is 41.1 Å². The summed E-state index contributed by atoms with van der Waals surface area (Å²) in [4.78, 5) is 35.6. The summed E-state index contributed by atoms with van der Waals surface area (Å²) in [6, 6.07) is 12.1. The monoisotopic (exact) mass is 394 g/mol. The van der Waals surface area contributed by atoms with Crippen LogP contribution in [-0.4, -0.2) is 71.3 Å². The summed E-state index contributed by atoms with van der Waals surface area (Å²) in [5.74, 6) is -0.143. The molecule has 0 radical (unpaired) electrons. The van der Waals surface area contributed by atoms with Crippen LogP contribution in [0.25, 0.3) is 0 Å². The van der Waals surface area contributed by atoms with Gasteiger partial charge in [-0.05, 0) is 18.1 Å². The molecule has 1 aromatic heterocycles. The molecule has 2 aromatic rings. The van der Waals surface area contributed by atoms with E-state index < -0.39 is 0 Å². The highest BCUT2D eigenvalue weighted by atomic mass is 16.2. The molecule has 0 bridgehead atoms. The van der Waals surface area contributed by atoms with E-state index in [1.807, 2.05) is 11.0 Å². The van der Waals surface area contributed by atoms with Gasteiger partial charge in [-0.3, -0.25) is 19.5 Å². The maximum Gasteiger partial charge on any atom is 0.255 e. The van der Waals surface area contributed by atoms with E-state index in [4.69, 9.17) is 0 Å². The molecule has 1 aliphatic rings. The minimum absolute atomic E-state index is 0.0530. The van der Waals surface area contributed by atoms with E-state index in [-0.39, 0.29) is 11.8 Å². The summed E-state index contributed by atoms with van der Waals surface area (Å²) < 4.78 is 0. The fourth-order valence-electron chi connectivity index (χ4n) is 3.52. The number of carbonyl (C=O) groups excluding carboxylic acids is 2. The van der Waals surface area contributed by atoms with Crippen LogP contribution in [0.3, 0.4) is 0 Å². The summed E-state index contributed by atoms with van der Waals surface area (Å²) in [5, 5.41) is 0. The number of aromatic nitrogens is 1. The van der Waals surface area contributed by atoms with Crippen molar-refractivity contribution in [2.24, 2.45) is 0 Å². The van der Waals surface area contributed by atoms with E-state index in [0.29, 0.717) is 30.8 Å². The molecule has 154 valence electrons. The number of carbonyl (C=O) groups is 2. The summed E-state index contributed by atoms with van der Waals surface area (Å²) in [6.07, 6.45) is 5.09. The molecule has 0 unspecified atom stereocenters. The normalized spacial score (nSPS) is 14.6. The molecule has 2 amide bonds. The highest BCUT2D eigenvalue weighted by molar-refractivity contribution is 5.99. The van der Waals surface area contributed by atoms with Crippen LogP contribution in [0.2, 0.25) is 0 Å². The zero-order chi connectivity index (χ0) is 20.6. The van der Waals surface area contributed by atoms with E-state index in [9.17, 15) is 9.59 Å². The van der Waals surface area contributed by atoms with Crippen LogP contribution in [0.4, 0.5) is 0 Å². The maximum absolute atomic E-state index is 12.9. The second-order valence-electron chi connectivity index (χ2n) is 7.60. The Hall–Kier alpha value is -2.73. The van der Waals surface area contributed by atoms with Crippen LogP contribution in [-0.2, 0) is 6.54 Å². The number of piperazine rings is 1. The average Bonchev–Trinajstić information content (AvgIpc) is 2.77. The number of amides is 2. The topological polar surface area (TPSA) is 56.8 Å². The van der Waals surface area contributed by atoms with Crippen molar-refractivity contribution in [2.75, 3.05) is 39.8 Å². The second kappa shape index (κ2) is 10.2. The summed E-state index contributed by atoms with van der Waals surface area (Å²) >= 11 is 0. The van der Waals surface area contributed by atoms with Crippen LogP contribution < -0.4 is 0 Å². The van der Waals surface area contributed by atoms with Crippen molar-refractivity contribution in [2.45, 2.75) is 26.3 Å². The third kappa shape index (κ3) is 5.64. The van der Waals surface area contributed by atoms with Crippen molar-refractivity contribution in [1.82, 2.24) is 19.7 Å². The fourth-order valence-corrected chi connectivity index (χ4v) is 3.52. The van der Waals surface area contributed by atoms with Crippen molar-refractivity contribution >= 4 is 11.8 Å². The van der Waals surface area contributed by atoms with Crippen LogP contribution in [0.1, 0.15) is 46.0 Å². The van der Waals surface area contributed by atoms with Crippen LogP contribution >= 0.6 is 0 Å². The first-order chi connectivity index (χ1) is 14.1. The standard InChI is InChI=1S/C23H30N4O2/c1-3-4-10-25(2)22(28)20-15-21(17-24-16-20)23(29)27-13-11-26(12-14-27)18-19-8-6-5-7-9-19/h5-9,15-17H,3-4,10-14,18H2,1-2H3. The maximum atomic E-state index is 12.9. The first-order valence-corrected chi connectivity index (χ1v) is 10.3. The Labute approximate surface area is 173 Å². The largest absolute Gasteiger partial charge is 0.342 e. The minimum atomic E-state index is -0.0896. The van der Waals surface area contributed by atoms with Gasteiger partial charge < -0.3 is 9.80 Å². The predicted molar refractivity (Wildman–Crippen MR) is 114 cm³/mol. The van der Waals surface area contributed by atoms with Gasteiger partial charge >= 0.3 is 0 Å². The van der Waals surface area contributed by atoms with Crippen molar-refractivity contribution in [1.29, 1.82) is 0 Å². The number of pyridine rings is 1. The molecule has 1 aromatic carbocycles. The Balaban J connectivity index is 1.57. The molecular formula is C23H30N4O2. The van der Waals surface area contributed by atoms with Gasteiger partial charge in [0, 0.05) is 58.7 Å². The number of rotatable bonds is 7. The summed E-state index contributed by atoms with van der Waals surface area (Å²) in [6.45, 7) is 6.74. The third-order valence-electron chi connectivity index (χ3n) is 5.33. The Morgan fingerprint density at radius 2 is 1.72 bits per heavy atom. The van der Waals surface area contributed by atoms with Gasteiger partial charge in [-0.15, -0.1) is 0 Å². The smallest absolute Gasteiger partial charge is 0.255 e. The number of benzene rings is 1. The molecule has 0 aliphatic carbocycles. The lowest BCUT2D eigenvalue weighted by atomic mass is 10.1. The average molecular weight is 395 g/mol. The molecule has 0 atom stereocenters. The minimum Gasteiger partial charge on any atom is -0.342 e. The predicted octanol–water partition coefficient (Wildman–Crippen LogP) is 2.91. The highest BCUT2D eigenvalue weighted by Gasteiger charge is 2.23. The van der Waals surface area contributed by atoms with Crippen molar-refractivity contribution in [3.8, 4) is 0 Å². The quantitative estimate of drug-likeness (QED) is 0.725. The Kier molecular flexibility index (Phi) is 7.36. The zero-order valence-electron chi connectivity index (χ0n) is 17.4. The number of nitrogens with zero attached hydrogens (tertiary/aromatic N) is 4. The van der Waals surface area contributed by atoms with Crippen molar-refractivity contribution < 1.29 is 9.59 Å². The third-order valence-corrected chi connectivity index (χ3v) is 5.33. The highest BCUT2D eigenvalue weighted by Crippen LogP contribution is 2.13. The van der Waals surface area contributed by atoms with Gasteiger partial charge in [0.15, 0.2) is 0 Å². The lowest BCUT2D eigenvalue weighted by Gasteiger charge is -2.34. The van der Waals surface area contributed by atoms with Gasteiger partial charge in [0.2, 0.25) is 0 Å². The Morgan fingerprint density at radius 1 is 1.03 bits per heavy atom. The molecule has 1 saturated heterocycles. The molecule has 3 rings (SSSR count). The van der Waals surface area contributed by atoms with Crippen molar-refractivity contribution in [3.05, 3.63) is 65.5 Å². The molecule has 2 heterocycles. The molecule has 1 fully saturated rings. The first-order valence-electron chi connectivity index (χ1n) is 10.3. The van der Waals surface area contributed by atoms with Crippen molar-refractivity contribution in [3.63, 3.8) is 0 Å². The Bertz CT molecular complexity index is 817. The number of hydrogen-bond acceptors (Lipinski definition) is 4. The Morgan fingerprint density at radius 3 is 2.41 bits per heavy atom. The van der Waals surface area contributed by atoms with E-state index in [1.54, 1.807) is 30.4 Å². The van der Waals surface area contributed by atoms with Gasteiger partial charge in [0.1, 0.15) is 0 Å². The SMILES string of the molecule is CCCCN(C)C(=O)c1cncc(C(=O)N2CCN(Cc3ccccc3)CC2)c1. The van der Waals surface area contributed by atoms with E-state index >= 15 is 0 Å². The van der Waals surface area contributed by atoms with Gasteiger partial charge in [-0.2, -0.15) is 0 Å². The molecule has 0 spiro atoms. The van der Waals surface area contributed by atoms with E-state index in [0.717, 1.165) is 32.5 Å². The first kappa shape index (κ1) is 21.0. The van der Waals surface area contributed by atoms with Gasteiger partial charge in [0.05, 0.1) is 11.1 Å². The molecular weight excluding hydrogens is 364 g/mol. The van der Waals surface area contributed by atoms with Gasteiger partial charge in [0.25, 0.3) is 11.8 Å². The molecule has 29 heavy (non-hydrogen) atoms. The lowest BCUT2D eigenvalue weighted by molar-refractivity contribution is 0.0628. The van der Waals surface area contributed by atoms with Gasteiger partial charge in [-0.25, -0.2) is 0 Å². The molecule has 6 nitrogen and oxygen atoms in total. The lowest BCUT2D eigenvalue weighted by Crippen LogP contribution is -2.48. The van der Waals surface area contributed by atoms with Crippen LogP contribution in [0.5, 0.6) is 0 Å². The number of unbranched alkanes of at least 4 members (excludes halogenated alkanes) is 1.